The fourth-order valence-electron chi connectivity index (χ4n) is 3.05. The Kier molecular flexibility index (Phi) is 4.75. The van der Waals surface area contributed by atoms with Crippen molar-refractivity contribution in [3.05, 3.63) is 18.0 Å². The van der Waals surface area contributed by atoms with Crippen LogP contribution in [0.2, 0.25) is 0 Å². The van der Waals surface area contributed by atoms with Gasteiger partial charge in [-0.05, 0) is 25.3 Å². The van der Waals surface area contributed by atoms with Crippen molar-refractivity contribution in [1.29, 1.82) is 0 Å². The zero-order valence-corrected chi connectivity index (χ0v) is 11.9. The van der Waals surface area contributed by atoms with Gasteiger partial charge in [-0.25, -0.2) is 0 Å². The molecule has 2 rings (SSSR count). The van der Waals surface area contributed by atoms with Gasteiger partial charge in [0.15, 0.2) is 0 Å². The molecule has 1 aliphatic rings. The van der Waals surface area contributed by atoms with Crippen LogP contribution in [-0.2, 0) is 17.8 Å². The standard InChI is InChI=1S/C15H25N3O/c1-2-18-11-13(10-17-18)9-14(19)15(12-16)7-5-3-4-6-8-15/h10-11H,2-9,12,16H2,1H3. The van der Waals surface area contributed by atoms with Crippen LogP contribution >= 0.6 is 0 Å². The van der Waals surface area contributed by atoms with E-state index in [1.165, 1.54) is 12.8 Å². The van der Waals surface area contributed by atoms with Gasteiger partial charge in [-0.15, -0.1) is 0 Å². The van der Waals surface area contributed by atoms with Gasteiger partial charge >= 0.3 is 0 Å². The molecule has 4 nitrogen and oxygen atoms in total. The molecule has 0 spiro atoms. The van der Waals surface area contributed by atoms with Crippen LogP contribution in [0.3, 0.4) is 0 Å². The zero-order chi connectivity index (χ0) is 13.7. The van der Waals surface area contributed by atoms with Crippen LogP contribution in [-0.4, -0.2) is 22.1 Å². The van der Waals surface area contributed by atoms with Crippen molar-refractivity contribution < 1.29 is 4.79 Å². The lowest BCUT2D eigenvalue weighted by Crippen LogP contribution is -2.39. The van der Waals surface area contributed by atoms with Crippen molar-refractivity contribution in [3.8, 4) is 0 Å². The van der Waals surface area contributed by atoms with Crippen molar-refractivity contribution >= 4 is 5.78 Å². The number of ketones is 1. The molecule has 0 atom stereocenters. The van der Waals surface area contributed by atoms with Gasteiger partial charge in [-0.2, -0.15) is 5.10 Å². The van der Waals surface area contributed by atoms with Crippen LogP contribution in [0.5, 0.6) is 0 Å². The number of hydrogen-bond acceptors (Lipinski definition) is 3. The molecule has 1 saturated carbocycles. The molecule has 1 fully saturated rings. The number of carbonyl (C=O) groups excluding carboxylic acids is 1. The summed E-state index contributed by atoms with van der Waals surface area (Å²) in [5.41, 5.74) is 6.70. The maximum atomic E-state index is 12.7. The molecule has 1 aromatic rings. The molecule has 4 heteroatoms. The number of Topliss-reactive ketones (excluding diaryl/α,β-unsaturated/α-hetero) is 1. The Morgan fingerprint density at radius 1 is 1.37 bits per heavy atom. The minimum Gasteiger partial charge on any atom is -0.329 e. The number of nitrogens with zero attached hydrogens (tertiary/aromatic N) is 2. The summed E-state index contributed by atoms with van der Waals surface area (Å²) < 4.78 is 1.87. The molecular formula is C15H25N3O. The fourth-order valence-corrected chi connectivity index (χ4v) is 3.05. The highest BCUT2D eigenvalue weighted by Crippen LogP contribution is 2.35. The monoisotopic (exact) mass is 263 g/mol. The molecule has 1 aromatic heterocycles. The Bertz CT molecular complexity index is 417. The van der Waals surface area contributed by atoms with Gasteiger partial charge in [-0.3, -0.25) is 9.48 Å². The van der Waals surface area contributed by atoms with Gasteiger partial charge in [0, 0.05) is 31.1 Å². The topological polar surface area (TPSA) is 60.9 Å². The lowest BCUT2D eigenvalue weighted by molar-refractivity contribution is -0.128. The highest BCUT2D eigenvalue weighted by Gasteiger charge is 2.36. The number of carbonyl (C=O) groups is 1. The zero-order valence-electron chi connectivity index (χ0n) is 11.9. The second-order valence-electron chi connectivity index (χ2n) is 5.70. The van der Waals surface area contributed by atoms with Crippen molar-refractivity contribution in [3.63, 3.8) is 0 Å². The summed E-state index contributed by atoms with van der Waals surface area (Å²) in [6.07, 6.45) is 10.9. The van der Waals surface area contributed by atoms with E-state index in [0.29, 0.717) is 18.7 Å². The number of aryl methyl sites for hydroxylation is 1. The predicted octanol–water partition coefficient (Wildman–Crippen LogP) is 2.31. The molecule has 0 bridgehead atoms. The molecule has 2 N–H and O–H groups in total. The summed E-state index contributed by atoms with van der Waals surface area (Å²) in [6, 6.07) is 0. The Balaban J connectivity index is 2.07. The van der Waals surface area contributed by atoms with Gasteiger partial charge < -0.3 is 5.73 Å². The molecular weight excluding hydrogens is 238 g/mol. The van der Waals surface area contributed by atoms with Gasteiger partial charge in [0.2, 0.25) is 0 Å². The average Bonchev–Trinajstić information content (AvgIpc) is 2.74. The smallest absolute Gasteiger partial charge is 0.144 e. The van der Waals surface area contributed by atoms with E-state index < -0.39 is 0 Å². The van der Waals surface area contributed by atoms with Crippen molar-refractivity contribution in [2.75, 3.05) is 6.54 Å². The first-order chi connectivity index (χ1) is 9.20. The summed E-state index contributed by atoms with van der Waals surface area (Å²) in [5.74, 6) is 0.313. The fraction of sp³-hybridized carbons (Fsp3) is 0.733. The first-order valence-corrected chi connectivity index (χ1v) is 7.45. The Hall–Kier alpha value is -1.16. The summed E-state index contributed by atoms with van der Waals surface area (Å²) >= 11 is 0. The SMILES string of the molecule is CCn1cc(CC(=O)C2(CN)CCCCCC2)cn1. The predicted molar refractivity (Wildman–Crippen MR) is 75.8 cm³/mol. The maximum Gasteiger partial charge on any atom is 0.144 e. The maximum absolute atomic E-state index is 12.7. The normalized spacial score (nSPS) is 19.1. The molecule has 1 aliphatic carbocycles. The average molecular weight is 263 g/mol. The molecule has 106 valence electrons. The van der Waals surface area contributed by atoms with E-state index >= 15 is 0 Å². The van der Waals surface area contributed by atoms with E-state index in [0.717, 1.165) is 37.8 Å². The summed E-state index contributed by atoms with van der Waals surface area (Å²) in [7, 11) is 0. The van der Waals surface area contributed by atoms with E-state index in [-0.39, 0.29) is 5.41 Å². The molecule has 0 saturated heterocycles. The second-order valence-corrected chi connectivity index (χ2v) is 5.70. The van der Waals surface area contributed by atoms with Crippen LogP contribution < -0.4 is 5.73 Å². The highest BCUT2D eigenvalue weighted by atomic mass is 16.1. The van der Waals surface area contributed by atoms with E-state index in [4.69, 9.17) is 5.73 Å². The minimum absolute atomic E-state index is 0.273. The Morgan fingerprint density at radius 3 is 2.58 bits per heavy atom. The van der Waals surface area contributed by atoms with Crippen LogP contribution in [0.1, 0.15) is 51.0 Å². The summed E-state index contributed by atoms with van der Waals surface area (Å²) in [4.78, 5) is 12.7. The third-order valence-electron chi connectivity index (χ3n) is 4.42. The van der Waals surface area contributed by atoms with Crippen LogP contribution in [0.25, 0.3) is 0 Å². The van der Waals surface area contributed by atoms with E-state index in [9.17, 15) is 4.79 Å². The summed E-state index contributed by atoms with van der Waals surface area (Å²) in [5, 5.41) is 4.23. The lowest BCUT2D eigenvalue weighted by atomic mass is 9.75. The molecule has 0 radical (unpaired) electrons. The van der Waals surface area contributed by atoms with Gasteiger partial charge in [0.05, 0.1) is 6.20 Å². The van der Waals surface area contributed by atoms with E-state index in [1.807, 2.05) is 24.0 Å². The number of rotatable bonds is 5. The first-order valence-electron chi connectivity index (χ1n) is 7.45. The quantitative estimate of drug-likeness (QED) is 0.829. The molecule has 1 heterocycles. The number of hydrogen-bond donors (Lipinski definition) is 1. The van der Waals surface area contributed by atoms with Crippen LogP contribution in [0, 0.1) is 5.41 Å². The van der Waals surface area contributed by atoms with Gasteiger partial charge in [-0.1, -0.05) is 25.7 Å². The third-order valence-corrected chi connectivity index (χ3v) is 4.42. The van der Waals surface area contributed by atoms with E-state index in [1.54, 1.807) is 0 Å². The first kappa shape index (κ1) is 14.3. The molecule has 0 aliphatic heterocycles. The van der Waals surface area contributed by atoms with Crippen molar-refractivity contribution in [2.45, 2.75) is 58.4 Å². The van der Waals surface area contributed by atoms with Crippen molar-refractivity contribution in [1.82, 2.24) is 9.78 Å². The Morgan fingerprint density at radius 2 is 2.05 bits per heavy atom. The third kappa shape index (κ3) is 3.24. The Labute approximate surface area is 115 Å². The number of nitrogens with two attached hydrogens (primary N) is 1. The van der Waals surface area contributed by atoms with Crippen LogP contribution in [0.15, 0.2) is 12.4 Å². The van der Waals surface area contributed by atoms with Gasteiger partial charge in [0.1, 0.15) is 5.78 Å². The lowest BCUT2D eigenvalue weighted by Gasteiger charge is -2.29. The molecule has 0 unspecified atom stereocenters. The van der Waals surface area contributed by atoms with E-state index in [2.05, 4.69) is 5.10 Å². The molecule has 0 aromatic carbocycles. The molecule has 19 heavy (non-hydrogen) atoms. The van der Waals surface area contributed by atoms with Crippen molar-refractivity contribution in [2.24, 2.45) is 11.1 Å². The minimum atomic E-state index is -0.273. The van der Waals surface area contributed by atoms with Gasteiger partial charge in [0.25, 0.3) is 0 Å². The highest BCUT2D eigenvalue weighted by molar-refractivity contribution is 5.87. The molecule has 0 amide bonds. The summed E-state index contributed by atoms with van der Waals surface area (Å²) in [6.45, 7) is 3.38. The second kappa shape index (κ2) is 6.33. The number of aromatic nitrogens is 2. The largest absolute Gasteiger partial charge is 0.329 e. The van der Waals surface area contributed by atoms with Crippen LogP contribution in [0.4, 0.5) is 0 Å².